The van der Waals surface area contributed by atoms with E-state index in [0.717, 1.165) is 23.4 Å². The third-order valence-corrected chi connectivity index (χ3v) is 2.27. The molecule has 6 heteroatoms. The average molecular weight is 257 g/mol. The first kappa shape index (κ1) is 14.6. The highest BCUT2D eigenvalue weighted by atomic mass is 35.5. The van der Waals surface area contributed by atoms with E-state index >= 15 is 0 Å². The maximum atomic E-state index is 12.3. The van der Waals surface area contributed by atoms with Crippen LogP contribution < -0.4 is 5.32 Å². The van der Waals surface area contributed by atoms with Gasteiger partial charge in [-0.05, 0) is 24.1 Å². The number of aromatic nitrogens is 1. The topological polar surface area (TPSA) is 24.9 Å². The molecule has 0 aromatic carbocycles. The predicted octanol–water partition coefficient (Wildman–Crippen LogP) is 2.77. The number of nitrogens with one attached hydrogen (secondary N) is 1. The third-order valence-electron chi connectivity index (χ3n) is 2.27. The van der Waals surface area contributed by atoms with Crippen molar-refractivity contribution in [3.63, 3.8) is 0 Å². The van der Waals surface area contributed by atoms with Crippen LogP contribution in [0.2, 0.25) is 0 Å². The van der Waals surface area contributed by atoms with Crippen molar-refractivity contribution in [1.82, 2.24) is 10.3 Å². The van der Waals surface area contributed by atoms with E-state index in [9.17, 15) is 8.78 Å². The van der Waals surface area contributed by atoms with Crippen molar-refractivity contribution in [1.29, 1.82) is 0 Å². The normalized spacial score (nSPS) is 13.1. The van der Waals surface area contributed by atoms with Crippen molar-refractivity contribution in [2.75, 3.05) is 0 Å². The summed E-state index contributed by atoms with van der Waals surface area (Å²) in [5.41, 5.74) is 2.64. The molecule has 86 valence electrons. The molecule has 1 N–H and O–H groups in total. The Morgan fingerprint density at radius 3 is 2.60 bits per heavy atom. The highest BCUT2D eigenvalue weighted by Gasteiger charge is 2.18. The van der Waals surface area contributed by atoms with Crippen LogP contribution in [0.4, 0.5) is 8.78 Å². The van der Waals surface area contributed by atoms with Gasteiger partial charge in [-0.2, -0.15) is 0 Å². The number of halogens is 4. The average Bonchev–Trinajstić information content (AvgIpc) is 2.51. The molecular weight excluding hydrogens is 245 g/mol. The molecule has 0 bridgehead atoms. The second kappa shape index (κ2) is 5.58. The molecular formula is C9H12Cl2F2N2. The second-order valence-electron chi connectivity index (χ2n) is 3.19. The molecule has 0 fully saturated rings. The van der Waals surface area contributed by atoms with Gasteiger partial charge < -0.3 is 5.32 Å². The highest BCUT2D eigenvalue weighted by Crippen LogP contribution is 2.23. The van der Waals surface area contributed by atoms with Gasteiger partial charge in [0.05, 0.1) is 5.69 Å². The summed E-state index contributed by atoms with van der Waals surface area (Å²) < 4.78 is 24.7. The van der Waals surface area contributed by atoms with Crippen LogP contribution in [0.15, 0.2) is 6.07 Å². The SMILES string of the molecule is Cc1cc(C(F)F)nc2c1CNC2.Cl.Cl. The Hall–Kier alpha value is -0.450. The first-order valence-corrected chi connectivity index (χ1v) is 4.16. The van der Waals surface area contributed by atoms with Crippen LogP contribution in [0.5, 0.6) is 0 Å². The van der Waals surface area contributed by atoms with Crippen LogP contribution in [-0.4, -0.2) is 4.98 Å². The summed E-state index contributed by atoms with van der Waals surface area (Å²) in [6.07, 6.45) is -2.47. The number of aryl methyl sites for hydroxylation is 1. The zero-order valence-electron chi connectivity index (χ0n) is 8.09. The molecule has 0 saturated heterocycles. The molecule has 0 spiro atoms. The second-order valence-corrected chi connectivity index (χ2v) is 3.19. The van der Waals surface area contributed by atoms with Crippen LogP contribution in [0, 0.1) is 6.92 Å². The maximum Gasteiger partial charge on any atom is 0.280 e. The molecule has 2 rings (SSSR count). The van der Waals surface area contributed by atoms with E-state index in [-0.39, 0.29) is 30.5 Å². The van der Waals surface area contributed by atoms with Gasteiger partial charge in [0.1, 0.15) is 5.69 Å². The van der Waals surface area contributed by atoms with Gasteiger partial charge in [0.15, 0.2) is 0 Å². The van der Waals surface area contributed by atoms with E-state index in [1.807, 2.05) is 6.92 Å². The molecule has 1 aromatic heterocycles. The minimum Gasteiger partial charge on any atom is -0.307 e. The third kappa shape index (κ3) is 2.77. The van der Waals surface area contributed by atoms with E-state index in [0.29, 0.717) is 6.54 Å². The van der Waals surface area contributed by atoms with Crippen LogP contribution in [0.1, 0.15) is 28.9 Å². The fourth-order valence-electron chi connectivity index (χ4n) is 1.60. The van der Waals surface area contributed by atoms with E-state index in [4.69, 9.17) is 0 Å². The summed E-state index contributed by atoms with van der Waals surface area (Å²) in [6, 6.07) is 1.47. The molecule has 2 heterocycles. The van der Waals surface area contributed by atoms with Gasteiger partial charge in [-0.3, -0.25) is 4.98 Å². The van der Waals surface area contributed by atoms with Crippen LogP contribution >= 0.6 is 24.8 Å². The molecule has 0 aliphatic carbocycles. The van der Waals surface area contributed by atoms with E-state index in [1.54, 1.807) is 0 Å². The van der Waals surface area contributed by atoms with Crippen molar-refractivity contribution in [2.45, 2.75) is 26.4 Å². The Balaban J connectivity index is 0.000000980. The van der Waals surface area contributed by atoms with Crippen LogP contribution in [0.3, 0.4) is 0 Å². The number of fused-ring (bicyclic) bond motifs is 1. The number of hydrogen-bond donors (Lipinski definition) is 1. The monoisotopic (exact) mass is 256 g/mol. The lowest BCUT2D eigenvalue weighted by atomic mass is 10.1. The Kier molecular flexibility index (Phi) is 5.42. The van der Waals surface area contributed by atoms with Crippen molar-refractivity contribution in [3.8, 4) is 0 Å². The number of hydrogen-bond acceptors (Lipinski definition) is 2. The molecule has 1 aliphatic heterocycles. The first-order chi connectivity index (χ1) is 6.18. The molecule has 0 unspecified atom stereocenters. The fourth-order valence-corrected chi connectivity index (χ4v) is 1.60. The number of pyridine rings is 1. The van der Waals surface area contributed by atoms with E-state index in [2.05, 4.69) is 10.3 Å². The van der Waals surface area contributed by atoms with Gasteiger partial charge >= 0.3 is 0 Å². The highest BCUT2D eigenvalue weighted by molar-refractivity contribution is 5.85. The Morgan fingerprint density at radius 2 is 2.00 bits per heavy atom. The molecule has 0 radical (unpaired) electrons. The van der Waals surface area contributed by atoms with Crippen LogP contribution in [-0.2, 0) is 13.1 Å². The lowest BCUT2D eigenvalue weighted by Gasteiger charge is -2.05. The van der Waals surface area contributed by atoms with Gasteiger partial charge in [-0.25, -0.2) is 8.78 Å². The lowest BCUT2D eigenvalue weighted by Crippen LogP contribution is -2.00. The molecule has 1 aromatic rings. The molecule has 0 amide bonds. The van der Waals surface area contributed by atoms with E-state index in [1.165, 1.54) is 6.07 Å². The zero-order chi connectivity index (χ0) is 9.42. The van der Waals surface area contributed by atoms with Crippen LogP contribution in [0.25, 0.3) is 0 Å². The molecule has 0 saturated carbocycles. The summed E-state index contributed by atoms with van der Waals surface area (Å²) in [7, 11) is 0. The smallest absolute Gasteiger partial charge is 0.280 e. The van der Waals surface area contributed by atoms with E-state index < -0.39 is 6.43 Å². The molecule has 0 atom stereocenters. The quantitative estimate of drug-likeness (QED) is 0.836. The Labute approximate surface area is 99.3 Å². The summed E-state index contributed by atoms with van der Waals surface area (Å²) in [5, 5.41) is 3.09. The zero-order valence-corrected chi connectivity index (χ0v) is 9.72. The van der Waals surface area contributed by atoms with Crippen molar-refractivity contribution < 1.29 is 8.78 Å². The van der Waals surface area contributed by atoms with Gasteiger partial charge in [0.25, 0.3) is 6.43 Å². The summed E-state index contributed by atoms with van der Waals surface area (Å²) in [5.74, 6) is 0. The number of alkyl halides is 2. The predicted molar refractivity (Wildman–Crippen MR) is 59.0 cm³/mol. The number of rotatable bonds is 1. The van der Waals surface area contributed by atoms with Gasteiger partial charge in [0.2, 0.25) is 0 Å². The maximum absolute atomic E-state index is 12.3. The van der Waals surface area contributed by atoms with Gasteiger partial charge in [-0.15, -0.1) is 24.8 Å². The minimum atomic E-state index is -2.47. The number of nitrogens with zero attached hydrogens (tertiary/aromatic N) is 1. The largest absolute Gasteiger partial charge is 0.307 e. The van der Waals surface area contributed by atoms with Gasteiger partial charge in [0, 0.05) is 13.1 Å². The Morgan fingerprint density at radius 1 is 1.33 bits per heavy atom. The lowest BCUT2D eigenvalue weighted by molar-refractivity contribution is 0.145. The summed E-state index contributed by atoms with van der Waals surface area (Å²) >= 11 is 0. The standard InChI is InChI=1S/C9H10F2N2.2ClH/c1-5-2-7(9(10)11)13-8-4-12-3-6(5)8;;/h2,9,12H,3-4H2,1H3;2*1H. The molecule has 2 nitrogen and oxygen atoms in total. The Bertz CT molecular complexity index is 345. The fraction of sp³-hybridized carbons (Fsp3) is 0.444. The first-order valence-electron chi connectivity index (χ1n) is 4.16. The van der Waals surface area contributed by atoms with Gasteiger partial charge in [-0.1, -0.05) is 0 Å². The summed E-state index contributed by atoms with van der Waals surface area (Å²) in [6.45, 7) is 3.20. The van der Waals surface area contributed by atoms with Crippen molar-refractivity contribution in [3.05, 3.63) is 28.6 Å². The summed E-state index contributed by atoms with van der Waals surface area (Å²) in [4.78, 5) is 3.90. The van der Waals surface area contributed by atoms with Crippen molar-refractivity contribution in [2.24, 2.45) is 0 Å². The van der Waals surface area contributed by atoms with Crippen molar-refractivity contribution >= 4 is 24.8 Å². The minimum absolute atomic E-state index is 0. The molecule has 1 aliphatic rings. The molecule has 15 heavy (non-hydrogen) atoms.